The summed E-state index contributed by atoms with van der Waals surface area (Å²) in [4.78, 5) is 28.7. The molecule has 7 heteroatoms. The summed E-state index contributed by atoms with van der Waals surface area (Å²) in [6.45, 7) is 2.18. The van der Waals surface area contributed by atoms with E-state index in [0.717, 1.165) is 0 Å². The summed E-state index contributed by atoms with van der Waals surface area (Å²) in [5.41, 5.74) is 0.971. The van der Waals surface area contributed by atoms with Crippen LogP contribution in [-0.2, 0) is 11.3 Å². The van der Waals surface area contributed by atoms with Crippen LogP contribution in [0.5, 0.6) is 11.5 Å². The number of benzene rings is 1. The lowest BCUT2D eigenvalue weighted by Gasteiger charge is -2.11. The molecule has 0 unspecified atom stereocenters. The first-order valence-electron chi connectivity index (χ1n) is 8.07. The van der Waals surface area contributed by atoms with Gasteiger partial charge in [0.05, 0.1) is 25.0 Å². The number of methoxy groups -OCH3 is 1. The normalized spacial score (nSPS) is 10.5. The van der Waals surface area contributed by atoms with Crippen LogP contribution in [0, 0.1) is 0 Å². The van der Waals surface area contributed by atoms with Gasteiger partial charge in [-0.2, -0.15) is 0 Å². The van der Waals surface area contributed by atoms with Crippen LogP contribution in [0.3, 0.4) is 0 Å². The highest BCUT2D eigenvalue weighted by Gasteiger charge is 2.13. The zero-order valence-corrected chi connectivity index (χ0v) is 14.5. The molecule has 0 fully saturated rings. The molecule has 0 amide bonds. The number of nitrogens with zero attached hydrogens (tertiary/aromatic N) is 2. The Balaban J connectivity index is 1.77. The SMILES string of the molecule is CCOc1cc(C(=O)OCc2cc(=O)n3ccccc3n2)ccc1OC. The highest BCUT2D eigenvalue weighted by atomic mass is 16.5. The van der Waals surface area contributed by atoms with Gasteiger partial charge in [0.2, 0.25) is 0 Å². The molecule has 26 heavy (non-hydrogen) atoms. The first kappa shape index (κ1) is 17.5. The molecule has 0 aliphatic heterocycles. The predicted octanol–water partition coefficient (Wildman–Crippen LogP) is 2.46. The quantitative estimate of drug-likeness (QED) is 0.633. The van der Waals surface area contributed by atoms with Crippen molar-refractivity contribution in [1.82, 2.24) is 9.38 Å². The number of hydrogen-bond acceptors (Lipinski definition) is 6. The summed E-state index contributed by atoms with van der Waals surface area (Å²) < 4.78 is 17.3. The van der Waals surface area contributed by atoms with E-state index in [-0.39, 0.29) is 12.2 Å². The maximum absolute atomic E-state index is 12.3. The smallest absolute Gasteiger partial charge is 0.338 e. The zero-order valence-electron chi connectivity index (χ0n) is 14.5. The van der Waals surface area contributed by atoms with Gasteiger partial charge in [-0.05, 0) is 37.3 Å². The molecule has 0 N–H and O–H groups in total. The van der Waals surface area contributed by atoms with E-state index in [9.17, 15) is 9.59 Å². The van der Waals surface area contributed by atoms with E-state index in [1.54, 1.807) is 42.6 Å². The van der Waals surface area contributed by atoms with Crippen molar-refractivity contribution in [2.45, 2.75) is 13.5 Å². The molecule has 2 aromatic heterocycles. The van der Waals surface area contributed by atoms with Gasteiger partial charge < -0.3 is 14.2 Å². The second-order valence-electron chi connectivity index (χ2n) is 5.39. The van der Waals surface area contributed by atoms with E-state index in [1.165, 1.54) is 17.6 Å². The minimum absolute atomic E-state index is 0.102. The maximum atomic E-state index is 12.3. The Labute approximate surface area is 149 Å². The van der Waals surface area contributed by atoms with Crippen molar-refractivity contribution in [2.24, 2.45) is 0 Å². The molecule has 0 aliphatic rings. The van der Waals surface area contributed by atoms with E-state index in [1.807, 2.05) is 6.92 Å². The highest BCUT2D eigenvalue weighted by Crippen LogP contribution is 2.28. The average molecular weight is 354 g/mol. The summed E-state index contributed by atoms with van der Waals surface area (Å²) in [5, 5.41) is 0. The molecule has 134 valence electrons. The van der Waals surface area contributed by atoms with Crippen LogP contribution in [0.1, 0.15) is 23.0 Å². The molecule has 0 bridgehead atoms. The third kappa shape index (κ3) is 3.66. The number of hydrogen-bond donors (Lipinski definition) is 0. The van der Waals surface area contributed by atoms with Crippen LogP contribution in [0.25, 0.3) is 5.65 Å². The maximum Gasteiger partial charge on any atom is 0.338 e. The van der Waals surface area contributed by atoms with Crippen molar-refractivity contribution in [3.05, 3.63) is 70.3 Å². The van der Waals surface area contributed by atoms with Crippen molar-refractivity contribution in [1.29, 1.82) is 0 Å². The Morgan fingerprint density at radius 2 is 2.00 bits per heavy atom. The van der Waals surface area contributed by atoms with E-state index in [2.05, 4.69) is 4.98 Å². The predicted molar refractivity (Wildman–Crippen MR) is 94.7 cm³/mol. The lowest BCUT2D eigenvalue weighted by Crippen LogP contribution is -2.16. The van der Waals surface area contributed by atoms with Gasteiger partial charge in [0.25, 0.3) is 5.56 Å². The number of rotatable bonds is 6. The van der Waals surface area contributed by atoms with Gasteiger partial charge in [-0.3, -0.25) is 9.20 Å². The van der Waals surface area contributed by atoms with Gasteiger partial charge in [0.1, 0.15) is 12.3 Å². The monoisotopic (exact) mass is 354 g/mol. The zero-order chi connectivity index (χ0) is 18.5. The third-order valence-electron chi connectivity index (χ3n) is 3.67. The number of pyridine rings is 1. The Hall–Kier alpha value is -3.35. The van der Waals surface area contributed by atoms with Crippen LogP contribution in [0.4, 0.5) is 0 Å². The fourth-order valence-electron chi connectivity index (χ4n) is 2.47. The van der Waals surface area contributed by atoms with Crippen molar-refractivity contribution in [3.8, 4) is 11.5 Å². The minimum Gasteiger partial charge on any atom is -0.493 e. The van der Waals surface area contributed by atoms with Gasteiger partial charge in [-0.15, -0.1) is 0 Å². The Morgan fingerprint density at radius 1 is 1.15 bits per heavy atom. The lowest BCUT2D eigenvalue weighted by molar-refractivity contribution is 0.0467. The average Bonchev–Trinajstić information content (AvgIpc) is 2.66. The fraction of sp³-hybridized carbons (Fsp3) is 0.211. The van der Waals surface area contributed by atoms with E-state index >= 15 is 0 Å². The second kappa shape index (κ2) is 7.69. The number of carbonyl (C=O) groups excluding carboxylic acids is 1. The van der Waals surface area contributed by atoms with Crippen molar-refractivity contribution >= 4 is 11.6 Å². The first-order valence-corrected chi connectivity index (χ1v) is 8.07. The molecule has 0 spiro atoms. The van der Waals surface area contributed by atoms with Crippen molar-refractivity contribution in [3.63, 3.8) is 0 Å². The number of ether oxygens (including phenoxy) is 3. The number of aromatic nitrogens is 2. The van der Waals surface area contributed by atoms with E-state index < -0.39 is 5.97 Å². The molecule has 3 aromatic rings. The highest BCUT2D eigenvalue weighted by molar-refractivity contribution is 5.90. The van der Waals surface area contributed by atoms with Gasteiger partial charge in [0.15, 0.2) is 11.5 Å². The number of esters is 1. The van der Waals surface area contributed by atoms with Gasteiger partial charge in [-0.1, -0.05) is 6.07 Å². The Bertz CT molecular complexity index is 997. The summed E-state index contributed by atoms with van der Waals surface area (Å²) >= 11 is 0. The van der Waals surface area contributed by atoms with Gasteiger partial charge in [-0.25, -0.2) is 9.78 Å². The largest absolute Gasteiger partial charge is 0.493 e. The molecule has 3 rings (SSSR count). The van der Waals surface area contributed by atoms with Crippen LogP contribution in [0.2, 0.25) is 0 Å². The molecule has 0 aliphatic carbocycles. The number of fused-ring (bicyclic) bond motifs is 1. The molecule has 0 radical (unpaired) electrons. The molecule has 0 atom stereocenters. The van der Waals surface area contributed by atoms with Crippen LogP contribution >= 0.6 is 0 Å². The Kier molecular flexibility index (Phi) is 5.17. The molecule has 7 nitrogen and oxygen atoms in total. The van der Waals surface area contributed by atoms with Crippen LogP contribution in [0.15, 0.2) is 53.5 Å². The first-order chi connectivity index (χ1) is 12.6. The van der Waals surface area contributed by atoms with E-state index in [0.29, 0.717) is 35.0 Å². The summed E-state index contributed by atoms with van der Waals surface area (Å²) in [5.74, 6) is 0.461. The second-order valence-corrected chi connectivity index (χ2v) is 5.39. The molecule has 0 saturated carbocycles. The van der Waals surface area contributed by atoms with Gasteiger partial charge in [0, 0.05) is 12.3 Å². The minimum atomic E-state index is -0.538. The molecular weight excluding hydrogens is 336 g/mol. The Morgan fingerprint density at radius 3 is 2.77 bits per heavy atom. The molecule has 2 heterocycles. The summed E-state index contributed by atoms with van der Waals surface area (Å²) in [6.07, 6.45) is 1.63. The van der Waals surface area contributed by atoms with Crippen LogP contribution < -0.4 is 15.0 Å². The lowest BCUT2D eigenvalue weighted by atomic mass is 10.2. The summed E-state index contributed by atoms with van der Waals surface area (Å²) in [6, 6.07) is 11.4. The molecular formula is C19H18N2O5. The number of carbonyl (C=O) groups is 1. The topological polar surface area (TPSA) is 79.1 Å². The molecule has 1 aromatic carbocycles. The van der Waals surface area contributed by atoms with E-state index in [4.69, 9.17) is 14.2 Å². The van der Waals surface area contributed by atoms with Crippen LogP contribution in [-0.4, -0.2) is 29.1 Å². The standard InChI is InChI=1S/C19H18N2O5/c1-3-25-16-10-13(7-8-15(16)24-2)19(23)26-12-14-11-18(22)21-9-5-4-6-17(21)20-14/h4-11H,3,12H2,1-2H3. The van der Waals surface area contributed by atoms with Crippen molar-refractivity contribution < 1.29 is 19.0 Å². The fourth-order valence-corrected chi connectivity index (χ4v) is 2.47. The third-order valence-corrected chi connectivity index (χ3v) is 3.67. The summed E-state index contributed by atoms with van der Waals surface area (Å²) in [7, 11) is 1.53. The molecule has 0 saturated heterocycles. The van der Waals surface area contributed by atoms with Crippen molar-refractivity contribution in [2.75, 3.05) is 13.7 Å². The van der Waals surface area contributed by atoms with Gasteiger partial charge >= 0.3 is 5.97 Å².